The number of nitrogens with one attached hydrogen (secondary N) is 1. The maximum atomic E-state index is 5.72. The Morgan fingerprint density at radius 3 is 2.80 bits per heavy atom. The van der Waals surface area contributed by atoms with E-state index in [-0.39, 0.29) is 12.2 Å². The molecule has 1 saturated heterocycles. The second-order valence-electron chi connectivity index (χ2n) is 5.67. The van der Waals surface area contributed by atoms with Crippen molar-refractivity contribution in [3.63, 3.8) is 0 Å². The molecule has 1 N–H and O–H groups in total. The van der Waals surface area contributed by atoms with E-state index in [0.717, 1.165) is 5.69 Å². The van der Waals surface area contributed by atoms with Gasteiger partial charge in [0.05, 0.1) is 12.7 Å². The van der Waals surface area contributed by atoms with Crippen molar-refractivity contribution in [2.75, 3.05) is 18.5 Å². The summed E-state index contributed by atoms with van der Waals surface area (Å²) in [6, 6.07) is 1.82. The minimum Gasteiger partial charge on any atom is -0.475 e. The average Bonchev–Trinajstić information content (AvgIpc) is 2.65. The van der Waals surface area contributed by atoms with Crippen molar-refractivity contribution in [3.8, 4) is 5.88 Å². The minimum atomic E-state index is -0.508. The third-order valence-corrected chi connectivity index (χ3v) is 2.74. The van der Waals surface area contributed by atoms with Crippen LogP contribution >= 0.6 is 0 Å². The van der Waals surface area contributed by atoms with Gasteiger partial charge in [-0.3, -0.25) is 0 Å². The van der Waals surface area contributed by atoms with Gasteiger partial charge in [0.15, 0.2) is 5.79 Å². The summed E-state index contributed by atoms with van der Waals surface area (Å²) >= 11 is 0. The molecule has 1 fully saturated rings. The molecule has 0 saturated carbocycles. The van der Waals surface area contributed by atoms with E-state index in [9.17, 15) is 0 Å². The predicted octanol–water partition coefficient (Wildman–Crippen LogP) is 2.14. The quantitative estimate of drug-likeness (QED) is 0.892. The Labute approximate surface area is 119 Å². The first kappa shape index (κ1) is 15.0. The fourth-order valence-electron chi connectivity index (χ4n) is 1.99. The lowest BCUT2D eigenvalue weighted by Gasteiger charge is -2.17. The maximum absolute atomic E-state index is 5.72. The van der Waals surface area contributed by atoms with Gasteiger partial charge in [0.2, 0.25) is 11.8 Å². The molecule has 1 aromatic rings. The summed E-state index contributed by atoms with van der Waals surface area (Å²) in [6.07, 6.45) is 0.0908. The Morgan fingerprint density at radius 1 is 1.45 bits per heavy atom. The zero-order chi connectivity index (χ0) is 14.8. The van der Waals surface area contributed by atoms with Gasteiger partial charge in [0.25, 0.3) is 0 Å². The molecule has 2 rings (SSSR count). The van der Waals surface area contributed by atoms with E-state index in [0.29, 0.717) is 25.0 Å². The Morgan fingerprint density at radius 2 is 2.20 bits per heavy atom. The molecule has 1 atom stereocenters. The first-order valence-electron chi connectivity index (χ1n) is 6.92. The van der Waals surface area contributed by atoms with E-state index < -0.39 is 5.79 Å². The molecule has 0 aromatic carbocycles. The first-order valence-corrected chi connectivity index (χ1v) is 6.92. The van der Waals surface area contributed by atoms with Crippen molar-refractivity contribution in [2.24, 2.45) is 0 Å². The number of aromatic nitrogens is 2. The molecule has 20 heavy (non-hydrogen) atoms. The van der Waals surface area contributed by atoms with Gasteiger partial charge < -0.3 is 19.5 Å². The molecule has 2 heterocycles. The molecule has 1 aromatic heterocycles. The first-order chi connectivity index (χ1) is 9.34. The monoisotopic (exact) mass is 281 g/mol. The molecule has 0 amide bonds. The van der Waals surface area contributed by atoms with Gasteiger partial charge in [-0.15, -0.1) is 0 Å². The van der Waals surface area contributed by atoms with Crippen molar-refractivity contribution in [3.05, 3.63) is 11.8 Å². The maximum Gasteiger partial charge on any atom is 0.226 e. The van der Waals surface area contributed by atoms with E-state index >= 15 is 0 Å². The number of aryl methyl sites for hydroxylation is 1. The Kier molecular flexibility index (Phi) is 4.45. The summed E-state index contributed by atoms with van der Waals surface area (Å²) in [7, 11) is 0. The van der Waals surface area contributed by atoms with Crippen LogP contribution in [0.15, 0.2) is 6.07 Å². The standard InChI is InChI=1S/C14H23N3O3/c1-9(2)19-12-6-10(3)16-13(17-12)15-7-11-8-18-14(4,5)20-11/h6,9,11H,7-8H2,1-5H3,(H,15,16,17). The summed E-state index contributed by atoms with van der Waals surface area (Å²) in [5, 5.41) is 3.17. The van der Waals surface area contributed by atoms with Gasteiger partial charge in [-0.05, 0) is 34.6 Å². The van der Waals surface area contributed by atoms with Gasteiger partial charge in [-0.25, -0.2) is 4.98 Å². The number of anilines is 1. The van der Waals surface area contributed by atoms with Crippen LogP contribution in [0.1, 0.15) is 33.4 Å². The number of hydrogen-bond acceptors (Lipinski definition) is 6. The molecular formula is C14H23N3O3. The highest BCUT2D eigenvalue weighted by Crippen LogP contribution is 2.22. The molecule has 6 nitrogen and oxygen atoms in total. The van der Waals surface area contributed by atoms with E-state index in [1.54, 1.807) is 0 Å². The van der Waals surface area contributed by atoms with E-state index in [1.807, 2.05) is 40.7 Å². The fraction of sp³-hybridized carbons (Fsp3) is 0.714. The molecule has 1 aliphatic heterocycles. The highest BCUT2D eigenvalue weighted by atomic mass is 16.7. The van der Waals surface area contributed by atoms with E-state index in [1.165, 1.54) is 0 Å². The fourth-order valence-corrected chi connectivity index (χ4v) is 1.99. The summed E-state index contributed by atoms with van der Waals surface area (Å²) in [4.78, 5) is 8.67. The van der Waals surface area contributed by atoms with Crippen LogP contribution in [-0.2, 0) is 9.47 Å². The van der Waals surface area contributed by atoms with Crippen molar-refractivity contribution in [2.45, 2.75) is 52.6 Å². The molecule has 6 heteroatoms. The Hall–Kier alpha value is -1.40. The smallest absolute Gasteiger partial charge is 0.226 e. The third kappa shape index (κ3) is 4.31. The third-order valence-electron chi connectivity index (χ3n) is 2.74. The van der Waals surface area contributed by atoms with Crippen LogP contribution in [-0.4, -0.2) is 41.1 Å². The summed E-state index contributed by atoms with van der Waals surface area (Å²) in [5.74, 6) is 0.624. The summed E-state index contributed by atoms with van der Waals surface area (Å²) < 4.78 is 16.8. The van der Waals surface area contributed by atoms with Crippen molar-refractivity contribution in [1.29, 1.82) is 0 Å². The Bertz CT molecular complexity index is 463. The highest BCUT2D eigenvalue weighted by Gasteiger charge is 2.32. The van der Waals surface area contributed by atoms with Gasteiger partial charge in [0, 0.05) is 18.3 Å². The lowest BCUT2D eigenvalue weighted by Crippen LogP contribution is -2.26. The second-order valence-corrected chi connectivity index (χ2v) is 5.67. The topological polar surface area (TPSA) is 65.5 Å². The zero-order valence-electron chi connectivity index (χ0n) is 12.8. The molecule has 1 aliphatic rings. The Balaban J connectivity index is 1.94. The van der Waals surface area contributed by atoms with Crippen LogP contribution in [0.3, 0.4) is 0 Å². The number of rotatable bonds is 5. The number of ether oxygens (including phenoxy) is 3. The van der Waals surface area contributed by atoms with Crippen molar-refractivity contribution < 1.29 is 14.2 Å². The number of hydrogen-bond donors (Lipinski definition) is 1. The van der Waals surface area contributed by atoms with Gasteiger partial charge >= 0.3 is 0 Å². The predicted molar refractivity (Wildman–Crippen MR) is 75.9 cm³/mol. The molecule has 0 aliphatic carbocycles. The zero-order valence-corrected chi connectivity index (χ0v) is 12.8. The van der Waals surface area contributed by atoms with E-state index in [2.05, 4.69) is 15.3 Å². The second kappa shape index (κ2) is 5.93. The van der Waals surface area contributed by atoms with Crippen molar-refractivity contribution >= 4 is 5.95 Å². The number of nitrogens with zero attached hydrogens (tertiary/aromatic N) is 2. The molecule has 0 radical (unpaired) electrons. The van der Waals surface area contributed by atoms with E-state index in [4.69, 9.17) is 14.2 Å². The average molecular weight is 281 g/mol. The van der Waals surface area contributed by atoms with Crippen molar-refractivity contribution in [1.82, 2.24) is 9.97 Å². The lowest BCUT2D eigenvalue weighted by atomic mass is 10.3. The summed E-state index contributed by atoms with van der Waals surface area (Å²) in [5.41, 5.74) is 0.863. The SMILES string of the molecule is Cc1cc(OC(C)C)nc(NCC2COC(C)(C)O2)n1. The van der Waals surface area contributed by atoms with Crippen LogP contribution < -0.4 is 10.1 Å². The molecule has 0 spiro atoms. The minimum absolute atomic E-state index is 0.00331. The largest absolute Gasteiger partial charge is 0.475 e. The van der Waals surface area contributed by atoms with Gasteiger partial charge in [-0.2, -0.15) is 4.98 Å². The lowest BCUT2D eigenvalue weighted by molar-refractivity contribution is -0.136. The molecule has 112 valence electrons. The van der Waals surface area contributed by atoms with Gasteiger partial charge in [0.1, 0.15) is 6.10 Å². The molecular weight excluding hydrogens is 258 g/mol. The summed E-state index contributed by atoms with van der Waals surface area (Å²) in [6.45, 7) is 10.8. The van der Waals surface area contributed by atoms with Gasteiger partial charge in [-0.1, -0.05) is 0 Å². The highest BCUT2D eigenvalue weighted by molar-refractivity contribution is 5.30. The molecule has 1 unspecified atom stereocenters. The molecule has 0 bridgehead atoms. The van der Waals surface area contributed by atoms with Crippen LogP contribution in [0.25, 0.3) is 0 Å². The van der Waals surface area contributed by atoms with Crippen LogP contribution in [0, 0.1) is 6.92 Å². The van der Waals surface area contributed by atoms with Crippen LogP contribution in [0.5, 0.6) is 5.88 Å². The van der Waals surface area contributed by atoms with Crippen LogP contribution in [0.2, 0.25) is 0 Å². The normalized spacial score (nSPS) is 21.2. The van der Waals surface area contributed by atoms with Crippen LogP contribution in [0.4, 0.5) is 5.95 Å².